The molecule has 0 aliphatic heterocycles. The Morgan fingerprint density at radius 3 is 2.36 bits per heavy atom. The van der Waals surface area contributed by atoms with Crippen molar-refractivity contribution < 1.29 is 12.8 Å². The highest BCUT2D eigenvalue weighted by atomic mass is 32.2. The molecule has 0 amide bonds. The lowest BCUT2D eigenvalue weighted by Gasteiger charge is -2.25. The molecule has 5 atom stereocenters. The lowest BCUT2D eigenvalue weighted by atomic mass is 9.95. The van der Waals surface area contributed by atoms with Crippen molar-refractivity contribution in [1.82, 2.24) is 15.2 Å². The number of aromatic nitrogens is 3. The van der Waals surface area contributed by atoms with Gasteiger partial charge in [0.1, 0.15) is 11.6 Å². The van der Waals surface area contributed by atoms with Crippen LogP contribution in [0.25, 0.3) is 11.5 Å². The van der Waals surface area contributed by atoms with Crippen molar-refractivity contribution in [3.63, 3.8) is 0 Å². The fourth-order valence-corrected chi connectivity index (χ4v) is 5.99. The van der Waals surface area contributed by atoms with Gasteiger partial charge in [0.2, 0.25) is 21.8 Å². The van der Waals surface area contributed by atoms with E-state index in [2.05, 4.69) is 38.9 Å². The number of sulfonamides is 1. The molecule has 5 unspecified atom stereocenters. The van der Waals surface area contributed by atoms with Crippen molar-refractivity contribution >= 4 is 21.7 Å². The lowest BCUT2D eigenvalue weighted by Crippen LogP contribution is -2.28. The van der Waals surface area contributed by atoms with Gasteiger partial charge in [-0.25, -0.2) is 13.4 Å². The molecule has 10 heteroatoms. The second kappa shape index (κ2) is 12.6. The third-order valence-electron chi connectivity index (χ3n) is 8.23. The average Bonchev–Trinajstić information content (AvgIpc) is 3.47. The van der Waals surface area contributed by atoms with Crippen LogP contribution in [0.1, 0.15) is 69.5 Å². The molecule has 2 aromatic carbocycles. The van der Waals surface area contributed by atoms with E-state index in [1.165, 1.54) is 0 Å². The van der Waals surface area contributed by atoms with Gasteiger partial charge < -0.3 is 15.1 Å². The minimum atomic E-state index is -3.65. The van der Waals surface area contributed by atoms with Crippen LogP contribution in [0.4, 0.5) is 11.6 Å². The topological polar surface area (TPSA) is 127 Å². The lowest BCUT2D eigenvalue weighted by molar-refractivity contribution is 0.431. The smallest absolute Gasteiger partial charge is 0.248 e. The van der Waals surface area contributed by atoms with Crippen molar-refractivity contribution in [2.75, 3.05) is 16.2 Å². The van der Waals surface area contributed by atoms with Gasteiger partial charge in [0, 0.05) is 24.7 Å². The predicted molar refractivity (Wildman–Crippen MR) is 166 cm³/mol. The second-order valence-corrected chi connectivity index (χ2v) is 13.6. The molecule has 0 spiro atoms. The third kappa shape index (κ3) is 6.99. The molecule has 42 heavy (non-hydrogen) atoms. The molecular weight excluding hydrogens is 548 g/mol. The number of nitrogens with zero attached hydrogens (tertiary/aromatic N) is 4. The predicted octanol–water partition coefficient (Wildman–Crippen LogP) is 6.14. The van der Waals surface area contributed by atoms with Gasteiger partial charge in [0.05, 0.1) is 11.2 Å². The van der Waals surface area contributed by atoms with E-state index in [1.807, 2.05) is 68.4 Å². The minimum absolute atomic E-state index is 0.221. The summed E-state index contributed by atoms with van der Waals surface area (Å²) in [5.74, 6) is 2.52. The molecule has 222 valence electrons. The average molecular weight is 589 g/mol. The molecule has 3 N–H and O–H groups in total. The van der Waals surface area contributed by atoms with Crippen LogP contribution in [0.5, 0.6) is 0 Å². The van der Waals surface area contributed by atoms with Crippen molar-refractivity contribution in [3.05, 3.63) is 89.8 Å². The van der Waals surface area contributed by atoms with Crippen molar-refractivity contribution in [1.29, 1.82) is 0 Å². The number of anilines is 2. The molecule has 4 aromatic rings. The summed E-state index contributed by atoms with van der Waals surface area (Å²) in [6.45, 7) is 9.18. The fourth-order valence-electron chi connectivity index (χ4n) is 4.95. The number of nitrogens with two attached hydrogens (primary N) is 1. The third-order valence-corrected chi connectivity index (χ3v) is 10.1. The van der Waals surface area contributed by atoms with Crippen LogP contribution in [-0.2, 0) is 16.6 Å². The second-order valence-electron chi connectivity index (χ2n) is 11.5. The summed E-state index contributed by atoms with van der Waals surface area (Å²) in [5.41, 5.74) is 9.24. The number of hydrogen-bond donors (Lipinski definition) is 2. The maximum absolute atomic E-state index is 13.1. The van der Waals surface area contributed by atoms with Crippen LogP contribution in [0, 0.1) is 11.8 Å². The molecule has 0 radical (unpaired) electrons. The Kier molecular flexibility index (Phi) is 8.93. The summed E-state index contributed by atoms with van der Waals surface area (Å²) in [5, 5.41) is 8.10. The van der Waals surface area contributed by atoms with Crippen LogP contribution in [0.3, 0.4) is 0 Å². The zero-order chi connectivity index (χ0) is 29.9. The molecule has 1 fully saturated rings. The van der Waals surface area contributed by atoms with Crippen LogP contribution < -0.4 is 15.4 Å². The van der Waals surface area contributed by atoms with Gasteiger partial charge in [-0.1, -0.05) is 81.4 Å². The van der Waals surface area contributed by atoms with E-state index < -0.39 is 15.3 Å². The number of hydrogen-bond acceptors (Lipinski definition) is 8. The summed E-state index contributed by atoms with van der Waals surface area (Å²) >= 11 is 0. The largest absolute Gasteiger partial charge is 0.420 e. The maximum Gasteiger partial charge on any atom is 0.248 e. The van der Waals surface area contributed by atoms with Gasteiger partial charge in [0.25, 0.3) is 0 Å². The van der Waals surface area contributed by atoms with Crippen molar-refractivity contribution in [2.24, 2.45) is 17.6 Å². The highest BCUT2D eigenvalue weighted by Crippen LogP contribution is 2.40. The zero-order valence-corrected chi connectivity index (χ0v) is 25.5. The molecule has 5 rings (SSSR count). The van der Waals surface area contributed by atoms with E-state index in [9.17, 15) is 8.42 Å². The monoisotopic (exact) mass is 588 g/mol. The summed E-state index contributed by atoms with van der Waals surface area (Å²) in [4.78, 5) is 7.01. The van der Waals surface area contributed by atoms with E-state index in [-0.39, 0.29) is 23.7 Å². The van der Waals surface area contributed by atoms with E-state index in [4.69, 9.17) is 15.1 Å². The quantitative estimate of drug-likeness (QED) is 0.191. The van der Waals surface area contributed by atoms with E-state index >= 15 is 0 Å². The molecule has 0 bridgehead atoms. The molecule has 1 aliphatic rings. The molecular formula is C32H40N6O3S. The van der Waals surface area contributed by atoms with Gasteiger partial charge in [-0.15, -0.1) is 10.2 Å². The maximum atomic E-state index is 13.1. The first kappa shape index (κ1) is 29.7. The molecule has 9 nitrogen and oxygen atoms in total. The Balaban J connectivity index is 1.51. The van der Waals surface area contributed by atoms with Crippen molar-refractivity contribution in [2.45, 2.75) is 64.3 Å². The number of benzene rings is 2. The highest BCUT2D eigenvalue weighted by molar-refractivity contribution is 7.93. The Morgan fingerprint density at radius 1 is 1.05 bits per heavy atom. The standard InChI is InChI=1S/C32H40N6O3S/c1-5-22(3)42(39,40)37-28-17-26(32-36-35-31(41-32)23(4)30(33)25-14-10-7-11-15-25)18-29(34-28)38(20-27-16-21(27)2)19-24-12-8-6-9-13-24/h6-15,17-18,21-23,27,30H,5,16,19-20,33H2,1-4H3,(H,34,37). The SMILES string of the molecule is CCC(C)S(=O)(=O)Nc1cc(-c2nnc(C(C)C(N)c3ccccc3)o2)cc(N(Cc2ccccc2)CC2CC2C)n1. The minimum Gasteiger partial charge on any atom is -0.420 e. The Labute approximate surface area is 248 Å². The molecule has 0 saturated heterocycles. The van der Waals surface area contributed by atoms with E-state index in [0.717, 1.165) is 24.1 Å². The van der Waals surface area contributed by atoms with Gasteiger partial charge in [-0.3, -0.25) is 4.72 Å². The number of rotatable bonds is 13. The van der Waals surface area contributed by atoms with Gasteiger partial charge in [-0.05, 0) is 54.9 Å². The van der Waals surface area contributed by atoms with E-state index in [0.29, 0.717) is 42.1 Å². The Bertz CT molecular complexity index is 1580. The summed E-state index contributed by atoms with van der Waals surface area (Å²) in [6.07, 6.45) is 1.64. The van der Waals surface area contributed by atoms with E-state index in [1.54, 1.807) is 13.0 Å². The molecule has 2 aromatic heterocycles. The van der Waals surface area contributed by atoms with Crippen molar-refractivity contribution in [3.8, 4) is 11.5 Å². The molecule has 1 saturated carbocycles. The first-order valence-corrected chi connectivity index (χ1v) is 16.2. The first-order valence-electron chi connectivity index (χ1n) is 14.6. The van der Waals surface area contributed by atoms with Gasteiger partial charge in [0.15, 0.2) is 0 Å². The summed E-state index contributed by atoms with van der Waals surface area (Å²) in [6, 6.07) is 23.2. The van der Waals surface area contributed by atoms with Gasteiger partial charge >= 0.3 is 0 Å². The number of pyridine rings is 1. The Hall–Kier alpha value is -3.76. The normalized spacial score (nSPS) is 18.7. The summed E-state index contributed by atoms with van der Waals surface area (Å²) in [7, 11) is -3.65. The fraction of sp³-hybridized carbons (Fsp3) is 0.406. The van der Waals surface area contributed by atoms with Crippen LogP contribution in [0.15, 0.2) is 77.2 Å². The van der Waals surface area contributed by atoms with Crippen LogP contribution in [0.2, 0.25) is 0 Å². The zero-order valence-electron chi connectivity index (χ0n) is 24.6. The number of nitrogens with one attached hydrogen (secondary N) is 1. The first-order chi connectivity index (χ1) is 20.1. The van der Waals surface area contributed by atoms with Crippen LogP contribution in [-0.4, -0.2) is 35.4 Å². The molecule has 1 aliphatic carbocycles. The summed E-state index contributed by atoms with van der Waals surface area (Å²) < 4.78 is 35.0. The molecule has 2 heterocycles. The van der Waals surface area contributed by atoms with Gasteiger partial charge in [-0.2, -0.15) is 0 Å². The Morgan fingerprint density at radius 2 is 1.71 bits per heavy atom. The van der Waals surface area contributed by atoms with Crippen LogP contribution >= 0.6 is 0 Å². The highest BCUT2D eigenvalue weighted by Gasteiger charge is 2.35.